The normalized spacial score (nSPS) is 12.9. The van der Waals surface area contributed by atoms with Crippen LogP contribution in [0.2, 0.25) is 0 Å². The minimum atomic E-state index is -1.01. The predicted molar refractivity (Wildman–Crippen MR) is 106 cm³/mol. The van der Waals surface area contributed by atoms with E-state index in [-0.39, 0.29) is 35.9 Å². The van der Waals surface area contributed by atoms with E-state index in [0.717, 1.165) is 23.5 Å². The Morgan fingerprint density at radius 2 is 1.90 bits per heavy atom. The maximum absolute atomic E-state index is 14.0. The van der Waals surface area contributed by atoms with Crippen molar-refractivity contribution >= 4 is 34.3 Å². The standard InChI is InChI=1S/C20H20F2N2O5S/c1-3-28-19(26)16-13-7-8-24(20(27)29-4-2)10-15(13)30-18(16)23-17(25)12-6-5-11(21)9-14(12)22/h5-6,9H,3-4,7-8,10H2,1-2H3,(H,23,25). The van der Waals surface area contributed by atoms with E-state index >= 15 is 0 Å². The van der Waals surface area contributed by atoms with Crippen LogP contribution in [-0.4, -0.2) is 42.6 Å². The zero-order valence-corrected chi connectivity index (χ0v) is 17.2. The molecule has 0 atom stereocenters. The first-order valence-electron chi connectivity index (χ1n) is 9.35. The summed E-state index contributed by atoms with van der Waals surface area (Å²) in [5.41, 5.74) is 0.510. The topological polar surface area (TPSA) is 84.9 Å². The second-order valence-electron chi connectivity index (χ2n) is 6.38. The van der Waals surface area contributed by atoms with Crippen molar-refractivity contribution in [2.24, 2.45) is 0 Å². The largest absolute Gasteiger partial charge is 0.462 e. The van der Waals surface area contributed by atoms with Gasteiger partial charge in [-0.05, 0) is 38.0 Å². The number of esters is 1. The van der Waals surface area contributed by atoms with Crippen molar-refractivity contribution < 1.29 is 32.6 Å². The molecular weight excluding hydrogens is 418 g/mol. The highest BCUT2D eigenvalue weighted by Crippen LogP contribution is 2.38. The highest BCUT2D eigenvalue weighted by atomic mass is 32.1. The van der Waals surface area contributed by atoms with Gasteiger partial charge in [0, 0.05) is 17.5 Å². The Kier molecular flexibility index (Phi) is 6.66. The smallest absolute Gasteiger partial charge is 0.410 e. The van der Waals surface area contributed by atoms with Crippen LogP contribution in [0.25, 0.3) is 0 Å². The molecule has 1 aromatic carbocycles. The monoisotopic (exact) mass is 438 g/mol. The number of carbonyl (C=O) groups is 3. The average molecular weight is 438 g/mol. The van der Waals surface area contributed by atoms with E-state index < -0.39 is 29.6 Å². The molecule has 1 aromatic heterocycles. The first-order chi connectivity index (χ1) is 14.3. The summed E-state index contributed by atoms with van der Waals surface area (Å²) in [5, 5.41) is 2.73. The zero-order chi connectivity index (χ0) is 21.8. The molecule has 2 amide bonds. The predicted octanol–water partition coefficient (Wildman–Crippen LogP) is 3.97. The van der Waals surface area contributed by atoms with Gasteiger partial charge in [-0.15, -0.1) is 11.3 Å². The number of hydrogen-bond acceptors (Lipinski definition) is 6. The number of anilines is 1. The molecule has 3 rings (SSSR count). The average Bonchev–Trinajstić information content (AvgIpc) is 3.05. The third-order valence-electron chi connectivity index (χ3n) is 4.47. The highest BCUT2D eigenvalue weighted by Gasteiger charge is 2.31. The van der Waals surface area contributed by atoms with Gasteiger partial charge in [0.05, 0.1) is 30.9 Å². The van der Waals surface area contributed by atoms with Crippen molar-refractivity contribution in [1.29, 1.82) is 0 Å². The van der Waals surface area contributed by atoms with E-state index in [9.17, 15) is 23.2 Å². The van der Waals surface area contributed by atoms with Gasteiger partial charge in [0.25, 0.3) is 5.91 Å². The molecule has 1 aliphatic heterocycles. The lowest BCUT2D eigenvalue weighted by Crippen LogP contribution is -2.36. The van der Waals surface area contributed by atoms with Crippen LogP contribution in [0, 0.1) is 11.6 Å². The van der Waals surface area contributed by atoms with Gasteiger partial charge in [-0.25, -0.2) is 18.4 Å². The van der Waals surface area contributed by atoms with Crippen molar-refractivity contribution in [2.45, 2.75) is 26.8 Å². The summed E-state index contributed by atoms with van der Waals surface area (Å²) in [6, 6.07) is 2.61. The van der Waals surface area contributed by atoms with Crippen LogP contribution in [0.4, 0.5) is 18.6 Å². The van der Waals surface area contributed by atoms with Crippen LogP contribution in [-0.2, 0) is 22.4 Å². The van der Waals surface area contributed by atoms with E-state index in [1.807, 2.05) is 0 Å². The van der Waals surface area contributed by atoms with Gasteiger partial charge in [-0.1, -0.05) is 0 Å². The van der Waals surface area contributed by atoms with Crippen molar-refractivity contribution in [3.63, 3.8) is 0 Å². The van der Waals surface area contributed by atoms with Crippen LogP contribution in [0.15, 0.2) is 18.2 Å². The number of halogens is 2. The third kappa shape index (κ3) is 4.43. The lowest BCUT2D eigenvalue weighted by atomic mass is 10.0. The molecule has 0 radical (unpaired) electrons. The number of nitrogens with one attached hydrogen (secondary N) is 1. The second-order valence-corrected chi connectivity index (χ2v) is 7.48. The Balaban J connectivity index is 1.93. The molecule has 10 heteroatoms. The Morgan fingerprint density at radius 1 is 1.17 bits per heavy atom. The van der Waals surface area contributed by atoms with E-state index in [1.54, 1.807) is 13.8 Å². The molecule has 0 saturated heterocycles. The van der Waals surface area contributed by atoms with Crippen LogP contribution >= 0.6 is 11.3 Å². The highest BCUT2D eigenvalue weighted by molar-refractivity contribution is 7.17. The third-order valence-corrected chi connectivity index (χ3v) is 5.60. The molecular formula is C20H20F2N2O5S. The van der Waals surface area contributed by atoms with Crippen LogP contribution < -0.4 is 5.32 Å². The molecule has 0 fully saturated rings. The molecule has 1 N–H and O–H groups in total. The van der Waals surface area contributed by atoms with Crippen LogP contribution in [0.1, 0.15) is 45.0 Å². The van der Waals surface area contributed by atoms with Crippen molar-refractivity contribution in [3.8, 4) is 0 Å². The number of carbonyl (C=O) groups excluding carboxylic acids is 3. The van der Waals surface area contributed by atoms with Gasteiger partial charge in [-0.2, -0.15) is 0 Å². The van der Waals surface area contributed by atoms with Crippen molar-refractivity contribution in [2.75, 3.05) is 25.1 Å². The second kappa shape index (κ2) is 9.21. The fourth-order valence-corrected chi connectivity index (χ4v) is 4.37. The number of fused-ring (bicyclic) bond motifs is 1. The van der Waals surface area contributed by atoms with Crippen molar-refractivity contribution in [3.05, 3.63) is 51.4 Å². The van der Waals surface area contributed by atoms with Gasteiger partial charge in [0.2, 0.25) is 0 Å². The lowest BCUT2D eigenvalue weighted by molar-refractivity contribution is 0.0526. The Hall–Kier alpha value is -3.01. The fourth-order valence-electron chi connectivity index (χ4n) is 3.13. The number of thiophene rings is 1. The molecule has 2 heterocycles. The number of benzene rings is 1. The lowest BCUT2D eigenvalue weighted by Gasteiger charge is -2.26. The van der Waals surface area contributed by atoms with Crippen LogP contribution in [0.5, 0.6) is 0 Å². The summed E-state index contributed by atoms with van der Waals surface area (Å²) in [6.07, 6.45) is -0.0900. The maximum Gasteiger partial charge on any atom is 0.410 e. The summed E-state index contributed by atoms with van der Waals surface area (Å²) in [5.74, 6) is -3.25. The molecule has 0 aliphatic carbocycles. The number of hydrogen-bond donors (Lipinski definition) is 1. The van der Waals surface area contributed by atoms with E-state index in [2.05, 4.69) is 5.32 Å². The molecule has 0 spiro atoms. The minimum absolute atomic E-state index is 0.137. The number of amides is 2. The van der Waals surface area contributed by atoms with Gasteiger partial charge >= 0.3 is 12.1 Å². The van der Waals surface area contributed by atoms with Crippen LogP contribution in [0.3, 0.4) is 0 Å². The summed E-state index contributed by atoms with van der Waals surface area (Å²) >= 11 is 1.11. The van der Waals surface area contributed by atoms with Gasteiger partial charge in [0.1, 0.15) is 16.6 Å². The molecule has 0 bridgehead atoms. The summed E-state index contributed by atoms with van der Waals surface area (Å²) in [7, 11) is 0. The SMILES string of the molecule is CCOC(=O)c1c(NC(=O)c2ccc(F)cc2F)sc2c1CCN(C(=O)OCC)C2. The molecule has 160 valence electrons. The van der Waals surface area contributed by atoms with Gasteiger partial charge in [0.15, 0.2) is 0 Å². The van der Waals surface area contributed by atoms with Gasteiger partial charge in [-0.3, -0.25) is 4.79 Å². The zero-order valence-electron chi connectivity index (χ0n) is 16.4. The summed E-state index contributed by atoms with van der Waals surface area (Å²) in [4.78, 5) is 39.3. The Morgan fingerprint density at radius 3 is 2.57 bits per heavy atom. The summed E-state index contributed by atoms with van der Waals surface area (Å²) < 4.78 is 37.2. The Bertz CT molecular complexity index is 992. The first kappa shape index (κ1) is 21.7. The van der Waals surface area contributed by atoms with E-state index in [1.165, 1.54) is 4.90 Å². The van der Waals surface area contributed by atoms with E-state index in [0.29, 0.717) is 29.5 Å². The van der Waals surface area contributed by atoms with E-state index in [4.69, 9.17) is 9.47 Å². The number of nitrogens with zero attached hydrogens (tertiary/aromatic N) is 1. The van der Waals surface area contributed by atoms with Crippen molar-refractivity contribution in [1.82, 2.24) is 4.90 Å². The molecule has 0 saturated carbocycles. The molecule has 0 unspecified atom stereocenters. The minimum Gasteiger partial charge on any atom is -0.462 e. The molecule has 1 aliphatic rings. The molecule has 30 heavy (non-hydrogen) atoms. The Labute approximate surface area is 175 Å². The number of ether oxygens (including phenoxy) is 2. The maximum atomic E-state index is 14.0. The molecule has 7 nitrogen and oxygen atoms in total. The summed E-state index contributed by atoms with van der Waals surface area (Å²) in [6.45, 7) is 4.30. The quantitative estimate of drug-likeness (QED) is 0.714. The van der Waals surface area contributed by atoms with Gasteiger partial charge < -0.3 is 19.7 Å². The molecule has 2 aromatic rings. The first-order valence-corrected chi connectivity index (χ1v) is 10.2. The number of rotatable bonds is 5. The fraction of sp³-hybridized carbons (Fsp3) is 0.350.